The van der Waals surface area contributed by atoms with E-state index in [4.69, 9.17) is 16.3 Å². The average Bonchev–Trinajstić information content (AvgIpc) is 2.86. The Hall–Kier alpha value is -3.59. The second kappa shape index (κ2) is 8.51. The molecule has 0 fully saturated rings. The maximum Gasteiger partial charge on any atom is 0.244 e. The van der Waals surface area contributed by atoms with Crippen molar-refractivity contribution in [2.45, 2.75) is 12.8 Å². The number of pyridine rings is 2. The van der Waals surface area contributed by atoms with Gasteiger partial charge in [0.2, 0.25) is 23.6 Å². The highest BCUT2D eigenvalue weighted by molar-refractivity contribution is 6.30. The highest BCUT2D eigenvalue weighted by Crippen LogP contribution is 2.42. The number of carbonyl (C=O) groups is 2. The molecule has 10 heteroatoms. The normalized spacial score (nSPS) is 15.0. The van der Waals surface area contributed by atoms with Crippen molar-refractivity contribution in [3.8, 4) is 17.1 Å². The average molecular weight is 459 g/mol. The van der Waals surface area contributed by atoms with Crippen LogP contribution in [-0.4, -0.2) is 35.4 Å². The Bertz CT molecular complexity index is 1240. The maximum atomic E-state index is 15.0. The van der Waals surface area contributed by atoms with Crippen molar-refractivity contribution >= 4 is 34.8 Å². The Morgan fingerprint density at radius 2 is 2.06 bits per heavy atom. The van der Waals surface area contributed by atoms with Crippen LogP contribution >= 0.6 is 11.6 Å². The van der Waals surface area contributed by atoms with Crippen molar-refractivity contribution in [2.24, 2.45) is 0 Å². The molecule has 1 unspecified atom stereocenters. The lowest BCUT2D eigenvalue weighted by atomic mass is 9.97. The van der Waals surface area contributed by atoms with E-state index in [1.807, 2.05) is 0 Å². The van der Waals surface area contributed by atoms with Crippen molar-refractivity contribution in [2.75, 3.05) is 23.9 Å². The molecule has 0 spiro atoms. The van der Waals surface area contributed by atoms with Crippen LogP contribution in [-0.2, 0) is 9.59 Å². The number of halogens is 3. The summed E-state index contributed by atoms with van der Waals surface area (Å²) in [5, 5.41) is 2.43. The van der Waals surface area contributed by atoms with Crippen molar-refractivity contribution in [1.29, 1.82) is 0 Å². The summed E-state index contributed by atoms with van der Waals surface area (Å²) in [7, 11) is 1.31. The van der Waals surface area contributed by atoms with E-state index in [1.165, 1.54) is 31.5 Å². The van der Waals surface area contributed by atoms with Crippen LogP contribution in [0.4, 0.5) is 20.2 Å². The van der Waals surface area contributed by atoms with Crippen LogP contribution in [0.25, 0.3) is 11.3 Å². The Balaban J connectivity index is 1.77. The minimum Gasteiger partial charge on any atom is -0.481 e. The molecule has 1 atom stereocenters. The van der Waals surface area contributed by atoms with E-state index in [1.54, 1.807) is 19.1 Å². The summed E-state index contributed by atoms with van der Waals surface area (Å²) in [4.78, 5) is 35.3. The van der Waals surface area contributed by atoms with E-state index in [2.05, 4.69) is 15.3 Å². The lowest BCUT2D eigenvalue weighted by molar-refractivity contribution is -0.122. The molecule has 164 valence electrons. The second-order valence-corrected chi connectivity index (χ2v) is 7.52. The quantitative estimate of drug-likeness (QED) is 0.593. The topological polar surface area (TPSA) is 84.4 Å². The molecule has 2 aromatic heterocycles. The van der Waals surface area contributed by atoms with E-state index in [9.17, 15) is 14.0 Å². The van der Waals surface area contributed by atoms with Crippen LogP contribution < -0.4 is 15.0 Å². The van der Waals surface area contributed by atoms with E-state index in [0.717, 1.165) is 11.0 Å². The van der Waals surface area contributed by atoms with Gasteiger partial charge in [-0.15, -0.1) is 0 Å². The molecule has 7 nitrogen and oxygen atoms in total. The number of nitrogens with zero attached hydrogens (tertiary/aromatic N) is 3. The predicted molar refractivity (Wildman–Crippen MR) is 115 cm³/mol. The van der Waals surface area contributed by atoms with E-state index < -0.39 is 36.0 Å². The molecule has 1 aliphatic rings. The molecule has 0 bridgehead atoms. The minimum atomic E-state index is -0.883. The van der Waals surface area contributed by atoms with Gasteiger partial charge in [-0.2, -0.15) is 9.37 Å². The molecule has 1 N–H and O–H groups in total. The molecule has 4 rings (SSSR count). The number of carbonyl (C=O) groups excluding carboxylic acids is 2. The summed E-state index contributed by atoms with van der Waals surface area (Å²) in [6.45, 7) is 1.19. The zero-order valence-corrected chi connectivity index (χ0v) is 17.8. The summed E-state index contributed by atoms with van der Waals surface area (Å²) in [6, 6.07) is 8.49. The van der Waals surface area contributed by atoms with E-state index in [-0.39, 0.29) is 33.5 Å². The number of aromatic nitrogens is 2. The van der Waals surface area contributed by atoms with Gasteiger partial charge in [-0.25, -0.2) is 4.39 Å². The fourth-order valence-electron chi connectivity index (χ4n) is 3.56. The van der Waals surface area contributed by atoms with Gasteiger partial charge in [0.15, 0.2) is 0 Å². The fraction of sp³-hybridized carbons (Fsp3) is 0.182. The summed E-state index contributed by atoms with van der Waals surface area (Å²) in [5.74, 6) is -3.42. The monoisotopic (exact) mass is 458 g/mol. The largest absolute Gasteiger partial charge is 0.481 e. The molecule has 0 saturated carbocycles. The van der Waals surface area contributed by atoms with Crippen LogP contribution in [0.1, 0.15) is 18.4 Å². The van der Waals surface area contributed by atoms with Gasteiger partial charge in [-0.05, 0) is 36.8 Å². The molecule has 0 radical (unpaired) electrons. The van der Waals surface area contributed by atoms with Crippen LogP contribution in [0.15, 0.2) is 42.6 Å². The van der Waals surface area contributed by atoms with Crippen molar-refractivity contribution in [3.63, 3.8) is 0 Å². The predicted octanol–water partition coefficient (Wildman–Crippen LogP) is 4.17. The molecule has 3 aromatic rings. The number of rotatable bonds is 4. The third kappa shape index (κ3) is 3.87. The number of anilines is 2. The van der Waals surface area contributed by atoms with Crippen molar-refractivity contribution in [3.05, 3.63) is 64.9 Å². The van der Waals surface area contributed by atoms with Gasteiger partial charge in [0.25, 0.3) is 0 Å². The first-order valence-corrected chi connectivity index (χ1v) is 9.94. The first-order valence-electron chi connectivity index (χ1n) is 9.56. The Kier molecular flexibility index (Phi) is 5.75. The molecule has 2 amide bonds. The molecular weight excluding hydrogens is 442 g/mol. The third-order valence-corrected chi connectivity index (χ3v) is 5.42. The van der Waals surface area contributed by atoms with Crippen molar-refractivity contribution in [1.82, 2.24) is 9.97 Å². The van der Waals surface area contributed by atoms with Gasteiger partial charge in [-0.1, -0.05) is 17.7 Å². The lowest BCUT2D eigenvalue weighted by Crippen LogP contribution is -2.40. The number of methoxy groups -OCH3 is 1. The molecular formula is C22H17ClF2N4O3. The SMILES string of the molecule is COc1cc2c(c(F)n1)-c1ncccc1C(C)C(=O)N2CC(=O)Nc1ccc(Cl)c(F)c1. The molecule has 1 aromatic carbocycles. The minimum absolute atomic E-state index is 0.00978. The van der Waals surface area contributed by atoms with E-state index in [0.29, 0.717) is 5.56 Å². The summed E-state index contributed by atoms with van der Waals surface area (Å²) in [6.07, 6.45) is 1.49. The molecule has 0 aliphatic carbocycles. The van der Waals surface area contributed by atoms with E-state index >= 15 is 4.39 Å². The van der Waals surface area contributed by atoms with Crippen LogP contribution in [0.2, 0.25) is 5.02 Å². The van der Waals surface area contributed by atoms with Gasteiger partial charge < -0.3 is 15.0 Å². The lowest BCUT2D eigenvalue weighted by Gasteiger charge is -2.24. The first kappa shape index (κ1) is 21.6. The zero-order chi connectivity index (χ0) is 23.0. The summed E-state index contributed by atoms with van der Waals surface area (Å²) in [5.41, 5.74) is 1.02. The zero-order valence-electron chi connectivity index (χ0n) is 17.0. The number of amides is 2. The second-order valence-electron chi connectivity index (χ2n) is 7.11. The summed E-state index contributed by atoms with van der Waals surface area (Å²) >= 11 is 5.67. The van der Waals surface area contributed by atoms with Crippen LogP contribution in [0.5, 0.6) is 5.88 Å². The van der Waals surface area contributed by atoms with Gasteiger partial charge in [0, 0.05) is 18.0 Å². The number of hydrogen-bond donors (Lipinski definition) is 1. The smallest absolute Gasteiger partial charge is 0.244 e. The Morgan fingerprint density at radius 3 is 2.78 bits per heavy atom. The highest BCUT2D eigenvalue weighted by Gasteiger charge is 2.35. The van der Waals surface area contributed by atoms with Gasteiger partial charge in [0.1, 0.15) is 12.4 Å². The van der Waals surface area contributed by atoms with Gasteiger partial charge >= 0.3 is 0 Å². The Labute approximate surface area is 187 Å². The molecule has 3 heterocycles. The Morgan fingerprint density at radius 1 is 1.28 bits per heavy atom. The molecule has 0 saturated heterocycles. The molecule has 1 aliphatic heterocycles. The number of fused-ring (bicyclic) bond motifs is 3. The van der Waals surface area contributed by atoms with Crippen molar-refractivity contribution < 1.29 is 23.1 Å². The van der Waals surface area contributed by atoms with Crippen LogP contribution in [0.3, 0.4) is 0 Å². The van der Waals surface area contributed by atoms with Gasteiger partial charge in [-0.3, -0.25) is 14.6 Å². The number of benzene rings is 1. The number of hydrogen-bond acceptors (Lipinski definition) is 5. The number of nitrogens with one attached hydrogen (secondary N) is 1. The summed E-state index contributed by atoms with van der Waals surface area (Å²) < 4.78 is 33.8. The highest BCUT2D eigenvalue weighted by atomic mass is 35.5. The standard InChI is InChI=1S/C22H17ClF2N4O3/c1-11-13-4-3-7-26-20(13)19-16(9-18(32-2)28-21(19)25)29(22(11)31)10-17(30)27-12-5-6-14(23)15(24)8-12/h3-9,11H,10H2,1-2H3,(H,27,30). The maximum absolute atomic E-state index is 15.0. The first-order chi connectivity index (χ1) is 15.3. The fourth-order valence-corrected chi connectivity index (χ4v) is 3.68. The van der Waals surface area contributed by atoms with Crippen LogP contribution in [0, 0.1) is 11.8 Å². The van der Waals surface area contributed by atoms with Gasteiger partial charge in [0.05, 0.1) is 35.0 Å². The molecule has 32 heavy (non-hydrogen) atoms. The third-order valence-electron chi connectivity index (χ3n) is 5.11. The number of ether oxygens (including phenoxy) is 1.